The molecule has 2 N–H and O–H groups in total. The van der Waals surface area contributed by atoms with Gasteiger partial charge in [-0.25, -0.2) is 13.4 Å². The Morgan fingerprint density at radius 3 is 2.76 bits per heavy atom. The number of sulfonamides is 1. The molecule has 0 aliphatic carbocycles. The van der Waals surface area contributed by atoms with Gasteiger partial charge in [-0.3, -0.25) is 5.10 Å². The number of H-pyrrole nitrogens is 2. The summed E-state index contributed by atoms with van der Waals surface area (Å²) < 4.78 is 27.7. The van der Waals surface area contributed by atoms with Crippen LogP contribution in [0.1, 0.15) is 36.0 Å². The fourth-order valence-electron chi connectivity index (χ4n) is 3.60. The first kappa shape index (κ1) is 16.3. The number of aryl methyl sites for hydroxylation is 2. The summed E-state index contributed by atoms with van der Waals surface area (Å²) in [5, 5.41) is 6.80. The SMILES string of the molecule is Cc1n[nH]c(C)c1S(=O)(=O)N1CCCC(c2nc3ccccc3[nH]2)C1. The van der Waals surface area contributed by atoms with Gasteiger partial charge >= 0.3 is 0 Å². The number of aromatic amines is 2. The zero-order valence-corrected chi connectivity index (χ0v) is 15.1. The fraction of sp³-hybridized carbons (Fsp3) is 0.412. The summed E-state index contributed by atoms with van der Waals surface area (Å²) in [4.78, 5) is 8.30. The van der Waals surface area contributed by atoms with E-state index in [4.69, 9.17) is 0 Å². The molecule has 4 rings (SSSR count). The lowest BCUT2D eigenvalue weighted by Gasteiger charge is -2.31. The second-order valence-corrected chi connectivity index (χ2v) is 8.48. The fourth-order valence-corrected chi connectivity index (χ4v) is 5.46. The van der Waals surface area contributed by atoms with Crippen molar-refractivity contribution in [2.45, 2.75) is 37.5 Å². The molecule has 3 aromatic rings. The van der Waals surface area contributed by atoms with E-state index in [0.717, 1.165) is 29.7 Å². The maximum Gasteiger partial charge on any atom is 0.246 e. The van der Waals surface area contributed by atoms with E-state index in [9.17, 15) is 8.42 Å². The summed E-state index contributed by atoms with van der Waals surface area (Å²) in [7, 11) is -3.55. The van der Waals surface area contributed by atoms with Crippen molar-refractivity contribution in [2.75, 3.05) is 13.1 Å². The Hall–Kier alpha value is -2.19. The Morgan fingerprint density at radius 1 is 1.24 bits per heavy atom. The molecule has 1 atom stereocenters. The number of hydrogen-bond acceptors (Lipinski definition) is 4. The minimum atomic E-state index is -3.55. The molecule has 1 unspecified atom stereocenters. The zero-order valence-electron chi connectivity index (χ0n) is 14.3. The molecule has 2 aromatic heterocycles. The monoisotopic (exact) mass is 359 g/mol. The van der Waals surface area contributed by atoms with Crippen molar-refractivity contribution >= 4 is 21.1 Å². The Bertz CT molecular complexity index is 968. The van der Waals surface area contributed by atoms with E-state index in [1.165, 1.54) is 0 Å². The third kappa shape index (κ3) is 2.75. The summed E-state index contributed by atoms with van der Waals surface area (Å²) in [6, 6.07) is 7.87. The highest BCUT2D eigenvalue weighted by atomic mass is 32.2. The van der Waals surface area contributed by atoms with Gasteiger partial charge < -0.3 is 4.98 Å². The van der Waals surface area contributed by atoms with Crippen LogP contribution in [0.25, 0.3) is 11.0 Å². The molecule has 25 heavy (non-hydrogen) atoms. The van der Waals surface area contributed by atoms with Crippen LogP contribution in [0.5, 0.6) is 0 Å². The van der Waals surface area contributed by atoms with Crippen molar-refractivity contribution in [1.82, 2.24) is 24.5 Å². The highest BCUT2D eigenvalue weighted by Gasteiger charge is 2.34. The second kappa shape index (κ2) is 5.96. The maximum absolute atomic E-state index is 13.1. The van der Waals surface area contributed by atoms with Crippen LogP contribution >= 0.6 is 0 Å². The molecule has 1 aliphatic heterocycles. The summed E-state index contributed by atoms with van der Waals surface area (Å²) in [5.74, 6) is 0.935. The lowest BCUT2D eigenvalue weighted by atomic mass is 9.99. The molecule has 0 spiro atoms. The Labute approximate surface area is 146 Å². The van der Waals surface area contributed by atoms with Crippen molar-refractivity contribution in [3.8, 4) is 0 Å². The molecule has 1 saturated heterocycles. The molecular formula is C17H21N5O2S. The van der Waals surface area contributed by atoms with Crippen molar-refractivity contribution < 1.29 is 8.42 Å². The maximum atomic E-state index is 13.1. The molecule has 7 nitrogen and oxygen atoms in total. The standard InChI is InChI=1S/C17H21N5O2S/c1-11-16(12(2)21-20-11)25(23,24)22-9-5-6-13(10-22)17-18-14-7-3-4-8-15(14)19-17/h3-4,7-8,13H,5-6,9-10H2,1-2H3,(H,18,19)(H,20,21). The van der Waals surface area contributed by atoms with Crippen LogP contribution < -0.4 is 0 Å². The first-order valence-corrected chi connectivity index (χ1v) is 9.87. The van der Waals surface area contributed by atoms with E-state index in [0.29, 0.717) is 29.4 Å². The highest BCUT2D eigenvalue weighted by molar-refractivity contribution is 7.89. The molecular weight excluding hydrogens is 338 g/mol. The van der Waals surface area contributed by atoms with Crippen LogP contribution in [0.2, 0.25) is 0 Å². The van der Waals surface area contributed by atoms with Gasteiger partial charge in [-0.15, -0.1) is 0 Å². The number of nitrogens with one attached hydrogen (secondary N) is 2. The Kier molecular flexibility index (Phi) is 3.88. The number of rotatable bonds is 3. The molecule has 0 amide bonds. The number of imidazole rings is 1. The number of fused-ring (bicyclic) bond motifs is 1. The van der Waals surface area contributed by atoms with Gasteiger partial charge in [0.05, 0.1) is 22.4 Å². The number of hydrogen-bond donors (Lipinski definition) is 2. The largest absolute Gasteiger partial charge is 0.342 e. The lowest BCUT2D eigenvalue weighted by Crippen LogP contribution is -2.39. The number of piperidine rings is 1. The molecule has 132 valence electrons. The van der Waals surface area contributed by atoms with E-state index in [1.54, 1.807) is 18.2 Å². The molecule has 8 heteroatoms. The zero-order chi connectivity index (χ0) is 17.6. The van der Waals surface area contributed by atoms with E-state index < -0.39 is 10.0 Å². The predicted molar refractivity (Wildman–Crippen MR) is 94.9 cm³/mol. The van der Waals surface area contributed by atoms with Gasteiger partial charge in [0.15, 0.2) is 0 Å². The van der Waals surface area contributed by atoms with E-state index in [1.807, 2.05) is 24.3 Å². The Morgan fingerprint density at radius 2 is 2.04 bits per heavy atom. The average molecular weight is 359 g/mol. The smallest absolute Gasteiger partial charge is 0.246 e. The van der Waals surface area contributed by atoms with Crippen LogP contribution in [0.4, 0.5) is 0 Å². The lowest BCUT2D eigenvalue weighted by molar-refractivity contribution is 0.310. The van der Waals surface area contributed by atoms with E-state index in [-0.39, 0.29) is 5.92 Å². The number of benzene rings is 1. The van der Waals surface area contributed by atoms with Gasteiger partial charge in [0.25, 0.3) is 0 Å². The molecule has 0 bridgehead atoms. The van der Waals surface area contributed by atoms with Gasteiger partial charge in [0.2, 0.25) is 10.0 Å². The Balaban J connectivity index is 1.65. The number of para-hydroxylation sites is 2. The first-order chi connectivity index (χ1) is 12.0. The molecule has 1 aromatic carbocycles. The minimum absolute atomic E-state index is 0.0726. The molecule has 0 radical (unpaired) electrons. The van der Waals surface area contributed by atoms with Gasteiger partial charge in [0, 0.05) is 19.0 Å². The van der Waals surface area contributed by atoms with Gasteiger partial charge in [-0.05, 0) is 38.8 Å². The summed E-state index contributed by atoms with van der Waals surface area (Å²) in [5.41, 5.74) is 3.00. The topological polar surface area (TPSA) is 94.7 Å². The van der Waals surface area contributed by atoms with Crippen molar-refractivity contribution in [3.05, 3.63) is 41.5 Å². The van der Waals surface area contributed by atoms with Crippen molar-refractivity contribution in [3.63, 3.8) is 0 Å². The van der Waals surface area contributed by atoms with Gasteiger partial charge in [-0.2, -0.15) is 9.40 Å². The van der Waals surface area contributed by atoms with Crippen molar-refractivity contribution in [2.24, 2.45) is 0 Å². The second-order valence-electron chi connectivity index (χ2n) is 6.60. The molecule has 0 saturated carbocycles. The normalized spacial score (nSPS) is 19.5. The third-order valence-corrected chi connectivity index (χ3v) is 6.97. The molecule has 1 fully saturated rings. The molecule has 3 heterocycles. The van der Waals surface area contributed by atoms with Crippen LogP contribution in [-0.2, 0) is 10.0 Å². The van der Waals surface area contributed by atoms with Crippen LogP contribution in [-0.4, -0.2) is 46.0 Å². The summed E-state index contributed by atoms with van der Waals surface area (Å²) in [6.45, 7) is 4.43. The third-order valence-electron chi connectivity index (χ3n) is 4.84. The summed E-state index contributed by atoms with van der Waals surface area (Å²) in [6.07, 6.45) is 1.74. The van der Waals surface area contributed by atoms with Crippen LogP contribution in [0, 0.1) is 13.8 Å². The predicted octanol–water partition coefficient (Wildman–Crippen LogP) is 2.47. The number of aromatic nitrogens is 4. The first-order valence-electron chi connectivity index (χ1n) is 8.43. The minimum Gasteiger partial charge on any atom is -0.342 e. The quantitative estimate of drug-likeness (QED) is 0.751. The van der Waals surface area contributed by atoms with E-state index >= 15 is 0 Å². The summed E-state index contributed by atoms with van der Waals surface area (Å²) >= 11 is 0. The average Bonchev–Trinajstić information content (AvgIpc) is 3.18. The highest BCUT2D eigenvalue weighted by Crippen LogP contribution is 2.31. The number of nitrogens with zero attached hydrogens (tertiary/aromatic N) is 3. The van der Waals surface area contributed by atoms with Crippen LogP contribution in [0.15, 0.2) is 29.2 Å². The van der Waals surface area contributed by atoms with Gasteiger partial charge in [-0.1, -0.05) is 12.1 Å². The van der Waals surface area contributed by atoms with Crippen LogP contribution in [0.3, 0.4) is 0 Å². The van der Waals surface area contributed by atoms with Gasteiger partial charge in [0.1, 0.15) is 10.7 Å². The van der Waals surface area contributed by atoms with Crippen molar-refractivity contribution in [1.29, 1.82) is 0 Å². The van der Waals surface area contributed by atoms with E-state index in [2.05, 4.69) is 20.2 Å². The molecule has 1 aliphatic rings.